The number of anilines is 1. The van der Waals surface area contributed by atoms with Crippen molar-refractivity contribution >= 4 is 53.4 Å². The predicted molar refractivity (Wildman–Crippen MR) is 186 cm³/mol. The largest absolute Gasteiger partial charge is 0.481 e. The Morgan fingerprint density at radius 3 is 2.10 bits per heavy atom. The molecule has 4 rings (SSSR count). The second kappa shape index (κ2) is 15.0. The molecule has 2 aliphatic heterocycles. The molecule has 2 atom stereocenters. The number of carboxylic acids is 1. The zero-order chi connectivity index (χ0) is 37.1. The number of benzene rings is 2. The van der Waals surface area contributed by atoms with Gasteiger partial charge in [0.15, 0.2) is 5.71 Å². The number of hydrogen-bond acceptors (Lipinski definition) is 9. The van der Waals surface area contributed by atoms with E-state index in [2.05, 4.69) is 5.32 Å². The summed E-state index contributed by atoms with van der Waals surface area (Å²) in [4.78, 5) is 10.5. The van der Waals surface area contributed by atoms with Crippen molar-refractivity contribution in [2.45, 2.75) is 79.4 Å². The molecular formula is C33H43N2O12S3+. The van der Waals surface area contributed by atoms with Gasteiger partial charge in [0.25, 0.3) is 30.4 Å². The number of hydrogen-bond donors (Lipinski definition) is 5. The van der Waals surface area contributed by atoms with E-state index >= 15 is 0 Å². The molecule has 50 heavy (non-hydrogen) atoms. The quantitative estimate of drug-likeness (QED) is 0.0839. The first-order valence-electron chi connectivity index (χ1n) is 15.9. The Kier molecular flexibility index (Phi) is 11.8. The van der Waals surface area contributed by atoms with E-state index in [-0.39, 0.29) is 29.1 Å². The molecule has 5 N–H and O–H groups in total. The monoisotopic (exact) mass is 755 g/mol. The maximum Gasteiger partial charge on any atom is 0.303 e. The maximum atomic E-state index is 12.1. The zero-order valence-corrected chi connectivity index (χ0v) is 30.4. The van der Waals surface area contributed by atoms with Crippen LogP contribution >= 0.6 is 0 Å². The molecule has 274 valence electrons. The van der Waals surface area contributed by atoms with Crippen molar-refractivity contribution < 1.29 is 58.1 Å². The number of ether oxygens (including phenoxy) is 1. The van der Waals surface area contributed by atoms with Gasteiger partial charge in [0.2, 0.25) is 5.69 Å². The van der Waals surface area contributed by atoms with Crippen LogP contribution in [0.1, 0.15) is 69.9 Å². The molecule has 2 heterocycles. The first-order valence-corrected chi connectivity index (χ1v) is 20.4. The topological polar surface area (TPSA) is 225 Å². The molecule has 0 radical (unpaired) electrons. The van der Waals surface area contributed by atoms with Crippen LogP contribution in [0.3, 0.4) is 0 Å². The van der Waals surface area contributed by atoms with Crippen LogP contribution in [-0.2, 0) is 50.7 Å². The highest BCUT2D eigenvalue weighted by atomic mass is 32.2. The van der Waals surface area contributed by atoms with Crippen molar-refractivity contribution in [1.29, 1.82) is 0 Å². The average molecular weight is 756 g/mol. The molecule has 0 saturated heterocycles. The van der Waals surface area contributed by atoms with E-state index < -0.39 is 52.9 Å². The minimum absolute atomic E-state index is 0.0357. The molecule has 2 aliphatic rings. The average Bonchev–Trinajstić information content (AvgIpc) is 3.41. The molecule has 0 bridgehead atoms. The Bertz CT molecular complexity index is 2070. The SMILES string of the molecule is COCCC1(C)C(/C=C/C=C2/Nc3ccc(S(=O)(=O)O)cc3C2(C)CCCS(=O)(=O)O)=[N+](CCCCCC(=O)O)c2ccc(S(=O)(=O)O)cc21. The number of carboxylic acid groups (broad SMARTS) is 1. The number of nitrogens with zero attached hydrogens (tertiary/aromatic N) is 1. The van der Waals surface area contributed by atoms with Gasteiger partial charge in [0.05, 0.1) is 21.0 Å². The van der Waals surface area contributed by atoms with Gasteiger partial charge in [0, 0.05) is 61.1 Å². The lowest BCUT2D eigenvalue weighted by molar-refractivity contribution is -0.438. The van der Waals surface area contributed by atoms with E-state index in [0.717, 1.165) is 11.4 Å². The second-order valence-corrected chi connectivity index (χ2v) is 17.4. The molecule has 0 aliphatic carbocycles. The summed E-state index contributed by atoms with van der Waals surface area (Å²) < 4.78 is 108. The van der Waals surface area contributed by atoms with Crippen LogP contribution in [0, 0.1) is 0 Å². The highest BCUT2D eigenvalue weighted by molar-refractivity contribution is 7.86. The van der Waals surface area contributed by atoms with Crippen molar-refractivity contribution in [3.63, 3.8) is 0 Å². The van der Waals surface area contributed by atoms with Gasteiger partial charge in [-0.1, -0.05) is 6.08 Å². The summed E-state index contributed by atoms with van der Waals surface area (Å²) in [5, 5.41) is 12.3. The molecule has 2 unspecified atom stereocenters. The van der Waals surface area contributed by atoms with Crippen molar-refractivity contribution in [2.75, 3.05) is 31.3 Å². The van der Waals surface area contributed by atoms with E-state index in [1.807, 2.05) is 17.6 Å². The van der Waals surface area contributed by atoms with Crippen molar-refractivity contribution in [2.24, 2.45) is 0 Å². The maximum absolute atomic E-state index is 12.1. The fourth-order valence-electron chi connectivity index (χ4n) is 6.74. The van der Waals surface area contributed by atoms with Gasteiger partial charge in [-0.25, -0.2) is 0 Å². The number of unbranched alkanes of at least 4 members (excludes halogenated alkanes) is 2. The summed E-state index contributed by atoms with van der Waals surface area (Å²) in [7, 11) is -11.8. The van der Waals surface area contributed by atoms with E-state index in [9.17, 15) is 43.7 Å². The Balaban J connectivity index is 1.81. The third kappa shape index (κ3) is 8.88. The molecule has 17 heteroatoms. The molecule has 0 aromatic heterocycles. The van der Waals surface area contributed by atoms with Crippen LogP contribution in [0.2, 0.25) is 0 Å². The van der Waals surface area contributed by atoms with Crippen molar-refractivity contribution in [3.8, 4) is 0 Å². The first kappa shape index (κ1) is 39.3. The third-order valence-corrected chi connectivity index (χ3v) is 11.9. The van der Waals surface area contributed by atoms with E-state index in [4.69, 9.17) is 9.84 Å². The molecule has 0 saturated carbocycles. The number of methoxy groups -OCH3 is 1. The van der Waals surface area contributed by atoms with Gasteiger partial charge in [-0.05, 0) is 87.9 Å². The van der Waals surface area contributed by atoms with Gasteiger partial charge < -0.3 is 15.2 Å². The van der Waals surface area contributed by atoms with Crippen molar-refractivity contribution in [3.05, 3.63) is 71.5 Å². The summed E-state index contributed by atoms with van der Waals surface area (Å²) in [6, 6.07) is 8.50. The third-order valence-electron chi connectivity index (χ3n) is 9.43. The van der Waals surface area contributed by atoms with E-state index in [1.165, 1.54) is 30.3 Å². The summed E-state index contributed by atoms with van der Waals surface area (Å²) in [5.41, 5.74) is 2.06. The smallest absolute Gasteiger partial charge is 0.303 e. The molecular weight excluding hydrogens is 713 g/mol. The van der Waals surface area contributed by atoms with Crippen LogP contribution in [0.25, 0.3) is 0 Å². The predicted octanol–water partition coefficient (Wildman–Crippen LogP) is 4.71. The van der Waals surface area contributed by atoms with Crippen molar-refractivity contribution in [1.82, 2.24) is 0 Å². The minimum atomic E-state index is -4.54. The van der Waals surface area contributed by atoms with Gasteiger partial charge >= 0.3 is 5.97 Å². The number of aliphatic carboxylic acids is 1. The lowest BCUT2D eigenvalue weighted by Crippen LogP contribution is -2.33. The number of carbonyl (C=O) groups is 1. The van der Waals surface area contributed by atoms with Gasteiger partial charge in [-0.2, -0.15) is 29.8 Å². The van der Waals surface area contributed by atoms with Crippen LogP contribution in [-0.4, -0.2) is 86.3 Å². The first-order chi connectivity index (χ1) is 23.2. The molecule has 14 nitrogen and oxygen atoms in total. The fourth-order valence-corrected chi connectivity index (χ4v) is 8.26. The summed E-state index contributed by atoms with van der Waals surface area (Å²) in [5.74, 6) is -1.40. The molecule has 0 amide bonds. The lowest BCUT2D eigenvalue weighted by atomic mass is 9.76. The van der Waals surface area contributed by atoms with E-state index in [0.29, 0.717) is 61.3 Å². The number of nitrogens with one attached hydrogen (secondary N) is 1. The Labute approximate surface area is 292 Å². The highest BCUT2D eigenvalue weighted by Gasteiger charge is 2.48. The van der Waals surface area contributed by atoms with Crippen LogP contribution < -0.4 is 5.32 Å². The van der Waals surface area contributed by atoms with Gasteiger partial charge in [-0.3, -0.25) is 18.5 Å². The molecule has 0 fully saturated rings. The summed E-state index contributed by atoms with van der Waals surface area (Å²) in [6.07, 6.45) is 7.85. The normalized spacial score (nSPS) is 21.5. The van der Waals surface area contributed by atoms with Gasteiger partial charge in [0.1, 0.15) is 6.54 Å². The van der Waals surface area contributed by atoms with Crippen LogP contribution in [0.15, 0.2) is 70.1 Å². The lowest BCUT2D eigenvalue weighted by Gasteiger charge is -2.26. The Morgan fingerprint density at radius 2 is 1.50 bits per heavy atom. The summed E-state index contributed by atoms with van der Waals surface area (Å²) in [6.45, 7) is 4.53. The molecule has 2 aromatic rings. The minimum Gasteiger partial charge on any atom is -0.481 e. The number of fused-ring (bicyclic) bond motifs is 2. The highest BCUT2D eigenvalue weighted by Crippen LogP contribution is 2.48. The Morgan fingerprint density at radius 1 is 0.860 bits per heavy atom. The number of rotatable bonds is 17. The van der Waals surface area contributed by atoms with Crippen LogP contribution in [0.4, 0.5) is 11.4 Å². The zero-order valence-electron chi connectivity index (χ0n) is 28.0. The van der Waals surface area contributed by atoms with E-state index in [1.54, 1.807) is 32.3 Å². The number of allylic oxidation sites excluding steroid dienone is 4. The molecule has 0 spiro atoms. The summed E-state index contributed by atoms with van der Waals surface area (Å²) >= 11 is 0. The molecule has 2 aromatic carbocycles. The Hall–Kier alpha value is -3.45. The standard InChI is InChI=1S/C33H42N2O12S3/c1-32(16-8-20-48(38,39)40)25-21-23(49(41,42)43)12-14-27(25)34-29(32)9-7-10-30-33(2,17-19-47-3)26-22-24(50(44,45)46)13-15-28(26)35(30)18-6-4-5-11-31(36)37/h7,9-10,12-15,21-22H,4-6,8,11,16-20H2,1-3H3,(H4,36,37,38,39,40,41,42,43,44,45,46)/p+1. The van der Waals surface area contributed by atoms with Gasteiger partial charge in [-0.15, -0.1) is 0 Å². The second-order valence-electron chi connectivity index (χ2n) is 12.9. The fraction of sp³-hybridized carbons (Fsp3) is 0.455. The van der Waals surface area contributed by atoms with Crippen LogP contribution in [0.5, 0.6) is 0 Å².